The molecule has 3 aromatic rings. The van der Waals surface area contributed by atoms with Crippen LogP contribution in [-0.2, 0) is 18.9 Å². The van der Waals surface area contributed by atoms with E-state index in [2.05, 4.69) is 49.5 Å². The second kappa shape index (κ2) is 17.9. The van der Waals surface area contributed by atoms with E-state index in [-0.39, 0.29) is 12.6 Å². The largest absolute Gasteiger partial charge is 0.493 e. The molecule has 0 fully saturated rings. The van der Waals surface area contributed by atoms with E-state index in [4.69, 9.17) is 33.5 Å². The molecule has 14 heteroatoms. The van der Waals surface area contributed by atoms with E-state index in [0.29, 0.717) is 76.8 Å². The van der Waals surface area contributed by atoms with Crippen molar-refractivity contribution in [3.63, 3.8) is 0 Å². The van der Waals surface area contributed by atoms with E-state index in [9.17, 15) is 4.79 Å². The zero-order valence-corrected chi connectivity index (χ0v) is 25.8. The van der Waals surface area contributed by atoms with Crippen LogP contribution in [0.3, 0.4) is 0 Å². The summed E-state index contributed by atoms with van der Waals surface area (Å²) in [6.07, 6.45) is -1.06. The monoisotopic (exact) mass is 656 g/mol. The van der Waals surface area contributed by atoms with Gasteiger partial charge in [-0.1, -0.05) is 0 Å². The van der Waals surface area contributed by atoms with Crippen LogP contribution in [0.25, 0.3) is 10.9 Å². The number of benzene rings is 1. The third-order valence-electron chi connectivity index (χ3n) is 5.59. The van der Waals surface area contributed by atoms with Crippen LogP contribution >= 0.6 is 27.3 Å². The van der Waals surface area contributed by atoms with Crippen molar-refractivity contribution in [3.05, 3.63) is 38.8 Å². The number of carbonyl (C=O) groups is 1. The molecule has 12 nitrogen and oxygen atoms in total. The summed E-state index contributed by atoms with van der Waals surface area (Å²) >= 11 is 5.21. The van der Waals surface area contributed by atoms with Crippen molar-refractivity contribution in [3.8, 4) is 11.5 Å². The number of carboxylic acid groups (broad SMARTS) is 1. The average molecular weight is 658 g/mol. The van der Waals surface area contributed by atoms with E-state index >= 15 is 0 Å². The lowest BCUT2D eigenvalue weighted by molar-refractivity contribution is -0.00427. The molecule has 0 aliphatic rings. The Morgan fingerprint density at radius 3 is 2.17 bits per heavy atom. The molecule has 0 bridgehead atoms. The van der Waals surface area contributed by atoms with Crippen molar-refractivity contribution in [1.82, 2.24) is 15.3 Å². The second-order valence-electron chi connectivity index (χ2n) is 8.68. The summed E-state index contributed by atoms with van der Waals surface area (Å²) in [4.78, 5) is 20.7. The molecular formula is C27H37BrN4O8S. The van der Waals surface area contributed by atoms with Gasteiger partial charge >= 0.3 is 6.09 Å². The number of nitrogens with zero attached hydrogens (tertiary/aromatic N) is 2. The van der Waals surface area contributed by atoms with Crippen molar-refractivity contribution >= 4 is 50.1 Å². The summed E-state index contributed by atoms with van der Waals surface area (Å²) in [5, 5.41) is 15.0. The minimum atomic E-state index is -1.06. The Hall–Kier alpha value is -2.75. The van der Waals surface area contributed by atoms with Gasteiger partial charge in [-0.2, -0.15) is 0 Å². The van der Waals surface area contributed by atoms with Crippen LogP contribution in [0.4, 0.5) is 10.6 Å². The van der Waals surface area contributed by atoms with Gasteiger partial charge in [-0.05, 0) is 48.0 Å². The molecule has 0 radical (unpaired) electrons. The number of hydrogen-bond acceptors (Lipinski definition) is 11. The van der Waals surface area contributed by atoms with Gasteiger partial charge in [0.05, 0.1) is 75.3 Å². The molecule has 1 amide bonds. The maximum Gasteiger partial charge on any atom is 0.404 e. The Labute approximate surface area is 251 Å². The standard InChI is InChI=1S/C27H37BrN4O8S/c1-18(24-4-5-25(28)41-24)30-26-20-16-23(22(35-3)17-21(20)31-19(2)32-26)40-15-14-39-13-12-38-11-10-37-9-8-36-7-6-29-27(33)34/h4-5,16-18,29H,6-15H2,1-3H3,(H,33,34)(H,30,31,32). The first-order valence-electron chi connectivity index (χ1n) is 13.2. The predicted octanol–water partition coefficient (Wildman–Crippen LogP) is 4.66. The molecule has 2 aromatic heterocycles. The predicted molar refractivity (Wildman–Crippen MR) is 160 cm³/mol. The minimum Gasteiger partial charge on any atom is -0.493 e. The van der Waals surface area contributed by atoms with Crippen LogP contribution in [0.2, 0.25) is 0 Å². The molecule has 0 saturated heterocycles. The number of nitrogens with one attached hydrogen (secondary N) is 2. The number of fused-ring (bicyclic) bond motifs is 1. The van der Waals surface area contributed by atoms with Gasteiger partial charge in [0.15, 0.2) is 11.5 Å². The number of halogens is 1. The minimum absolute atomic E-state index is 0.0612. The Morgan fingerprint density at radius 1 is 0.951 bits per heavy atom. The Bertz CT molecular complexity index is 1230. The number of thiophene rings is 1. The topological polar surface area (TPSA) is 143 Å². The molecule has 226 valence electrons. The van der Waals surface area contributed by atoms with Crippen LogP contribution in [0.15, 0.2) is 28.1 Å². The molecule has 0 aliphatic carbocycles. The molecule has 41 heavy (non-hydrogen) atoms. The van der Waals surface area contributed by atoms with Crippen molar-refractivity contribution in [1.29, 1.82) is 0 Å². The molecular weight excluding hydrogens is 620 g/mol. The van der Waals surface area contributed by atoms with Crippen LogP contribution in [0.1, 0.15) is 23.7 Å². The number of anilines is 1. The normalized spacial score (nSPS) is 11.9. The summed E-state index contributed by atoms with van der Waals surface area (Å²) in [6.45, 7) is 7.78. The molecule has 3 N–H and O–H groups in total. The highest BCUT2D eigenvalue weighted by molar-refractivity contribution is 9.11. The van der Waals surface area contributed by atoms with Crippen molar-refractivity contribution < 1.29 is 38.3 Å². The number of methoxy groups -OCH3 is 1. The summed E-state index contributed by atoms with van der Waals surface area (Å²) in [5.41, 5.74) is 0.765. The molecule has 1 unspecified atom stereocenters. The van der Waals surface area contributed by atoms with E-state index in [1.807, 2.05) is 25.1 Å². The molecule has 2 heterocycles. The molecule has 3 rings (SSSR count). The van der Waals surface area contributed by atoms with Crippen molar-refractivity contribution in [2.24, 2.45) is 0 Å². The van der Waals surface area contributed by atoms with Crippen molar-refractivity contribution in [2.75, 3.05) is 78.4 Å². The highest BCUT2D eigenvalue weighted by atomic mass is 79.9. The fraction of sp³-hybridized carbons (Fsp3) is 0.519. The van der Waals surface area contributed by atoms with Gasteiger partial charge in [-0.15, -0.1) is 11.3 Å². The zero-order valence-electron chi connectivity index (χ0n) is 23.4. The van der Waals surface area contributed by atoms with E-state index < -0.39 is 6.09 Å². The number of aryl methyl sites for hydroxylation is 1. The Kier molecular flexibility index (Phi) is 14.3. The molecule has 0 aliphatic heterocycles. The highest BCUT2D eigenvalue weighted by Crippen LogP contribution is 2.36. The lowest BCUT2D eigenvalue weighted by Crippen LogP contribution is -2.25. The third kappa shape index (κ3) is 11.6. The van der Waals surface area contributed by atoms with Crippen LogP contribution < -0.4 is 20.1 Å². The lowest BCUT2D eigenvalue weighted by atomic mass is 10.2. The first-order valence-corrected chi connectivity index (χ1v) is 14.8. The number of amides is 1. The summed E-state index contributed by atoms with van der Waals surface area (Å²) in [5.74, 6) is 2.56. The number of hydrogen-bond donors (Lipinski definition) is 3. The third-order valence-corrected chi connectivity index (χ3v) is 7.40. The average Bonchev–Trinajstić information content (AvgIpc) is 3.38. The van der Waals surface area contributed by atoms with E-state index in [1.165, 1.54) is 4.88 Å². The molecule has 0 spiro atoms. The van der Waals surface area contributed by atoms with E-state index in [0.717, 1.165) is 20.5 Å². The van der Waals surface area contributed by atoms with Gasteiger partial charge in [-0.25, -0.2) is 14.8 Å². The van der Waals surface area contributed by atoms with E-state index in [1.54, 1.807) is 18.4 Å². The Balaban J connectivity index is 1.37. The first kappa shape index (κ1) is 32.8. The molecule has 1 atom stereocenters. The van der Waals surface area contributed by atoms with Crippen LogP contribution in [0.5, 0.6) is 11.5 Å². The number of aromatic nitrogens is 2. The van der Waals surface area contributed by atoms with Gasteiger partial charge in [0.1, 0.15) is 18.2 Å². The second-order valence-corrected chi connectivity index (χ2v) is 11.2. The van der Waals surface area contributed by atoms with Gasteiger partial charge in [0.2, 0.25) is 0 Å². The SMILES string of the molecule is COc1cc2nc(C)nc(NC(C)c3ccc(Br)s3)c2cc1OCCOCCOCCOCCOCCNC(=O)O. The van der Waals surface area contributed by atoms with Gasteiger partial charge in [-0.3, -0.25) is 0 Å². The number of rotatable bonds is 20. The van der Waals surface area contributed by atoms with Crippen LogP contribution in [-0.4, -0.2) is 94.3 Å². The number of ether oxygens (including phenoxy) is 6. The fourth-order valence-electron chi connectivity index (χ4n) is 3.67. The summed E-state index contributed by atoms with van der Waals surface area (Å²) in [6, 6.07) is 7.94. The fourth-order valence-corrected chi connectivity index (χ4v) is 5.10. The van der Waals surface area contributed by atoms with Gasteiger partial charge in [0.25, 0.3) is 0 Å². The molecule has 0 saturated carbocycles. The summed E-state index contributed by atoms with van der Waals surface area (Å²) < 4.78 is 34.4. The summed E-state index contributed by atoms with van der Waals surface area (Å²) in [7, 11) is 1.60. The molecule has 1 aromatic carbocycles. The van der Waals surface area contributed by atoms with Crippen LogP contribution in [0, 0.1) is 6.92 Å². The maximum absolute atomic E-state index is 10.3. The van der Waals surface area contributed by atoms with Gasteiger partial charge < -0.3 is 44.2 Å². The maximum atomic E-state index is 10.3. The highest BCUT2D eigenvalue weighted by Gasteiger charge is 2.16. The Morgan fingerprint density at radius 2 is 1.59 bits per heavy atom. The lowest BCUT2D eigenvalue weighted by Gasteiger charge is -2.17. The smallest absolute Gasteiger partial charge is 0.404 e. The quantitative estimate of drug-likeness (QED) is 0.146. The van der Waals surface area contributed by atoms with Gasteiger partial charge in [0, 0.05) is 22.9 Å². The first-order chi connectivity index (χ1) is 19.9. The zero-order chi connectivity index (χ0) is 29.5. The van der Waals surface area contributed by atoms with Crippen molar-refractivity contribution in [2.45, 2.75) is 19.9 Å².